The average molecular weight is 343 g/mol. The largest absolute Gasteiger partial charge is 0.490 e. The van der Waals surface area contributed by atoms with Crippen molar-refractivity contribution in [2.45, 2.75) is 26.7 Å². The van der Waals surface area contributed by atoms with E-state index >= 15 is 0 Å². The van der Waals surface area contributed by atoms with Gasteiger partial charge in [-0.1, -0.05) is 0 Å². The summed E-state index contributed by atoms with van der Waals surface area (Å²) in [5, 5.41) is 6.37. The monoisotopic (exact) mass is 342 g/mol. The topological polar surface area (TPSA) is 59.6 Å². The van der Waals surface area contributed by atoms with Crippen molar-refractivity contribution in [1.29, 1.82) is 0 Å². The van der Waals surface area contributed by atoms with Crippen LogP contribution < -0.4 is 20.1 Å². The molecule has 0 saturated carbocycles. The molecule has 0 aliphatic carbocycles. The molecule has 5 nitrogen and oxygen atoms in total. The Labute approximate surface area is 144 Å². The smallest absolute Gasteiger partial charge is 0.251 e. The van der Waals surface area contributed by atoms with Gasteiger partial charge in [0.15, 0.2) is 11.5 Å². The first-order chi connectivity index (χ1) is 10.7. The highest BCUT2D eigenvalue weighted by molar-refractivity contribution is 5.94. The Morgan fingerprint density at radius 3 is 2.65 bits per heavy atom. The molecular weight excluding hydrogens is 316 g/mol. The van der Waals surface area contributed by atoms with E-state index in [1.54, 1.807) is 18.2 Å². The molecule has 1 aliphatic rings. The maximum absolute atomic E-state index is 12.3. The minimum atomic E-state index is -0.0606. The Morgan fingerprint density at radius 2 is 2.00 bits per heavy atom. The highest BCUT2D eigenvalue weighted by atomic mass is 35.5. The van der Waals surface area contributed by atoms with Gasteiger partial charge in [-0.2, -0.15) is 0 Å². The van der Waals surface area contributed by atoms with E-state index in [4.69, 9.17) is 9.47 Å². The highest BCUT2D eigenvalue weighted by Crippen LogP contribution is 2.28. The number of benzene rings is 1. The molecule has 1 saturated heterocycles. The second kappa shape index (κ2) is 10.3. The lowest BCUT2D eigenvalue weighted by molar-refractivity contribution is 0.0944. The molecule has 1 aromatic carbocycles. The summed E-state index contributed by atoms with van der Waals surface area (Å²) in [6, 6.07) is 5.33. The molecule has 2 rings (SSSR count). The van der Waals surface area contributed by atoms with Crippen molar-refractivity contribution in [3.8, 4) is 11.5 Å². The molecule has 0 bridgehead atoms. The van der Waals surface area contributed by atoms with Crippen LogP contribution in [0.15, 0.2) is 18.2 Å². The first kappa shape index (κ1) is 19.6. The zero-order chi connectivity index (χ0) is 15.8. The highest BCUT2D eigenvalue weighted by Gasteiger charge is 2.16. The summed E-state index contributed by atoms with van der Waals surface area (Å²) in [5.74, 6) is 1.76. The molecule has 1 aliphatic heterocycles. The predicted octanol–water partition coefficient (Wildman–Crippen LogP) is 2.64. The third-order valence-corrected chi connectivity index (χ3v) is 3.76. The maximum Gasteiger partial charge on any atom is 0.251 e. The number of carbonyl (C=O) groups excluding carboxylic acids is 1. The molecule has 2 N–H and O–H groups in total. The number of amides is 1. The van der Waals surface area contributed by atoms with Gasteiger partial charge in [0.05, 0.1) is 13.2 Å². The van der Waals surface area contributed by atoms with Gasteiger partial charge < -0.3 is 20.1 Å². The lowest BCUT2D eigenvalue weighted by atomic mass is 9.99. The van der Waals surface area contributed by atoms with Crippen LogP contribution in [0.25, 0.3) is 0 Å². The normalized spacial score (nSPS) is 17.0. The SMILES string of the molecule is CCOc1ccc(C(=O)NCC2CCCNC2)cc1OCC.Cl. The van der Waals surface area contributed by atoms with E-state index in [1.165, 1.54) is 12.8 Å². The van der Waals surface area contributed by atoms with E-state index < -0.39 is 0 Å². The van der Waals surface area contributed by atoms with Crippen LogP contribution in [-0.2, 0) is 0 Å². The number of hydrogen-bond acceptors (Lipinski definition) is 4. The Balaban J connectivity index is 0.00000264. The van der Waals surface area contributed by atoms with Gasteiger partial charge >= 0.3 is 0 Å². The number of carbonyl (C=O) groups is 1. The van der Waals surface area contributed by atoms with Crippen molar-refractivity contribution in [2.75, 3.05) is 32.8 Å². The van der Waals surface area contributed by atoms with E-state index in [0.29, 0.717) is 42.7 Å². The fraction of sp³-hybridized carbons (Fsp3) is 0.588. The fourth-order valence-corrected chi connectivity index (χ4v) is 2.63. The lowest BCUT2D eigenvalue weighted by Crippen LogP contribution is -2.38. The van der Waals surface area contributed by atoms with Gasteiger partial charge in [0.1, 0.15) is 0 Å². The molecule has 1 atom stereocenters. The minimum absolute atomic E-state index is 0. The van der Waals surface area contributed by atoms with Gasteiger partial charge in [-0.15, -0.1) is 12.4 Å². The number of ether oxygens (including phenoxy) is 2. The Morgan fingerprint density at radius 1 is 1.26 bits per heavy atom. The zero-order valence-electron chi connectivity index (χ0n) is 13.9. The second-order valence-corrected chi connectivity index (χ2v) is 5.45. The van der Waals surface area contributed by atoms with Crippen molar-refractivity contribution in [3.05, 3.63) is 23.8 Å². The second-order valence-electron chi connectivity index (χ2n) is 5.45. The van der Waals surface area contributed by atoms with Crippen LogP contribution >= 0.6 is 12.4 Å². The van der Waals surface area contributed by atoms with Crippen LogP contribution in [0.1, 0.15) is 37.0 Å². The first-order valence-corrected chi connectivity index (χ1v) is 8.13. The van der Waals surface area contributed by atoms with Crippen LogP contribution in [0.4, 0.5) is 0 Å². The summed E-state index contributed by atoms with van der Waals surface area (Å²) >= 11 is 0. The first-order valence-electron chi connectivity index (χ1n) is 8.13. The zero-order valence-corrected chi connectivity index (χ0v) is 14.7. The van der Waals surface area contributed by atoms with Crippen LogP contribution in [0.2, 0.25) is 0 Å². The summed E-state index contributed by atoms with van der Waals surface area (Å²) in [5.41, 5.74) is 0.607. The summed E-state index contributed by atoms with van der Waals surface area (Å²) < 4.78 is 11.1. The predicted molar refractivity (Wildman–Crippen MR) is 94.0 cm³/mol. The Hall–Kier alpha value is -1.46. The number of rotatable bonds is 7. The van der Waals surface area contributed by atoms with Crippen LogP contribution in [0.3, 0.4) is 0 Å². The average Bonchev–Trinajstić information content (AvgIpc) is 2.55. The molecule has 1 amide bonds. The Kier molecular flexibility index (Phi) is 8.81. The fourth-order valence-electron chi connectivity index (χ4n) is 2.63. The molecule has 130 valence electrons. The molecule has 1 unspecified atom stereocenters. The number of piperidine rings is 1. The molecule has 6 heteroatoms. The summed E-state index contributed by atoms with van der Waals surface area (Å²) in [6.45, 7) is 7.73. The molecule has 1 heterocycles. The number of hydrogen-bond donors (Lipinski definition) is 2. The van der Waals surface area contributed by atoms with Gasteiger partial charge in [0, 0.05) is 12.1 Å². The van der Waals surface area contributed by atoms with Gasteiger partial charge in [-0.05, 0) is 63.9 Å². The van der Waals surface area contributed by atoms with Gasteiger partial charge in [0.25, 0.3) is 5.91 Å². The minimum Gasteiger partial charge on any atom is -0.490 e. The molecule has 0 aromatic heterocycles. The maximum atomic E-state index is 12.3. The number of nitrogens with one attached hydrogen (secondary N) is 2. The van der Waals surface area contributed by atoms with Crippen LogP contribution in [0, 0.1) is 5.92 Å². The van der Waals surface area contributed by atoms with E-state index in [-0.39, 0.29) is 18.3 Å². The summed E-state index contributed by atoms with van der Waals surface area (Å²) in [6.07, 6.45) is 2.35. The third kappa shape index (κ3) is 5.92. The van der Waals surface area contributed by atoms with E-state index in [2.05, 4.69) is 10.6 Å². The molecule has 1 aromatic rings. The van der Waals surface area contributed by atoms with E-state index in [0.717, 1.165) is 13.1 Å². The molecular formula is C17H27ClN2O3. The van der Waals surface area contributed by atoms with Gasteiger partial charge in [-0.3, -0.25) is 4.79 Å². The van der Waals surface area contributed by atoms with E-state index in [1.807, 2.05) is 13.8 Å². The van der Waals surface area contributed by atoms with E-state index in [9.17, 15) is 4.79 Å². The van der Waals surface area contributed by atoms with Crippen molar-refractivity contribution in [3.63, 3.8) is 0 Å². The van der Waals surface area contributed by atoms with Gasteiger partial charge in [0.2, 0.25) is 0 Å². The molecule has 0 radical (unpaired) electrons. The number of halogens is 1. The standard InChI is InChI=1S/C17H26N2O3.ClH/c1-3-21-15-8-7-14(10-16(15)22-4-2)17(20)19-12-13-6-5-9-18-11-13;/h7-8,10,13,18H,3-6,9,11-12H2,1-2H3,(H,19,20);1H. The van der Waals surface area contributed by atoms with Crippen LogP contribution in [-0.4, -0.2) is 38.8 Å². The van der Waals surface area contributed by atoms with Gasteiger partial charge in [-0.25, -0.2) is 0 Å². The molecule has 23 heavy (non-hydrogen) atoms. The summed E-state index contributed by atoms with van der Waals surface area (Å²) in [4.78, 5) is 12.3. The van der Waals surface area contributed by atoms with Crippen molar-refractivity contribution < 1.29 is 14.3 Å². The third-order valence-electron chi connectivity index (χ3n) is 3.76. The molecule has 1 fully saturated rings. The quantitative estimate of drug-likeness (QED) is 0.799. The Bertz CT molecular complexity index is 491. The lowest BCUT2D eigenvalue weighted by Gasteiger charge is -2.23. The van der Waals surface area contributed by atoms with Crippen molar-refractivity contribution >= 4 is 18.3 Å². The summed E-state index contributed by atoms with van der Waals surface area (Å²) in [7, 11) is 0. The van der Waals surface area contributed by atoms with Crippen molar-refractivity contribution in [2.24, 2.45) is 5.92 Å². The molecule has 0 spiro atoms. The van der Waals surface area contributed by atoms with Crippen molar-refractivity contribution in [1.82, 2.24) is 10.6 Å². The van der Waals surface area contributed by atoms with Crippen LogP contribution in [0.5, 0.6) is 11.5 Å².